The summed E-state index contributed by atoms with van der Waals surface area (Å²) in [5, 5.41) is 0. The minimum atomic E-state index is -0.576. The fourth-order valence-electron chi connectivity index (χ4n) is 0.608. The maximum Gasteiger partial charge on any atom is 0.384 e. The van der Waals surface area contributed by atoms with Crippen LogP contribution in [0.2, 0.25) is 0 Å². The van der Waals surface area contributed by atoms with Crippen molar-refractivity contribution in [3.63, 3.8) is 0 Å². The Morgan fingerprint density at radius 3 is 2.44 bits per heavy atom. The minimum Gasteiger partial charge on any atom is -0.459 e. The molecule has 0 unspecified atom stereocenters. The standard InChI is InChI=1S/C12H14O4/c1-3-8-15-9-4-5-10-16-11-6-7-12(13)14-2/h3H,1,8-11H2,2H3. The molecule has 4 heteroatoms. The number of rotatable bonds is 5. The van der Waals surface area contributed by atoms with Gasteiger partial charge in [-0.3, -0.25) is 0 Å². The van der Waals surface area contributed by atoms with E-state index in [4.69, 9.17) is 9.47 Å². The molecule has 0 N–H and O–H groups in total. The highest BCUT2D eigenvalue weighted by Gasteiger charge is 1.87. The lowest BCUT2D eigenvalue weighted by molar-refractivity contribution is -0.133. The molecule has 0 aromatic carbocycles. The van der Waals surface area contributed by atoms with Gasteiger partial charge in [-0.05, 0) is 0 Å². The lowest BCUT2D eigenvalue weighted by Crippen LogP contribution is -1.97. The summed E-state index contributed by atoms with van der Waals surface area (Å²) < 4.78 is 14.3. The van der Waals surface area contributed by atoms with Crippen LogP contribution in [0.5, 0.6) is 0 Å². The van der Waals surface area contributed by atoms with E-state index >= 15 is 0 Å². The molecule has 0 aliphatic heterocycles. The third-order valence-corrected chi connectivity index (χ3v) is 1.26. The first-order chi connectivity index (χ1) is 7.81. The Morgan fingerprint density at radius 1 is 1.19 bits per heavy atom. The predicted octanol–water partition coefficient (Wildman–Crippen LogP) is 0.385. The topological polar surface area (TPSA) is 44.8 Å². The Bertz CT molecular complexity index is 324. The van der Waals surface area contributed by atoms with Crippen LogP contribution in [0.4, 0.5) is 0 Å². The van der Waals surface area contributed by atoms with E-state index in [2.05, 4.69) is 35.0 Å². The Morgan fingerprint density at radius 2 is 1.81 bits per heavy atom. The van der Waals surface area contributed by atoms with Gasteiger partial charge in [-0.25, -0.2) is 4.79 Å². The van der Waals surface area contributed by atoms with Crippen molar-refractivity contribution < 1.29 is 19.0 Å². The quantitative estimate of drug-likeness (QED) is 0.222. The summed E-state index contributed by atoms with van der Waals surface area (Å²) in [5.41, 5.74) is 0. The van der Waals surface area contributed by atoms with Gasteiger partial charge in [0.15, 0.2) is 0 Å². The van der Waals surface area contributed by atoms with Gasteiger partial charge in [0, 0.05) is 5.92 Å². The van der Waals surface area contributed by atoms with Gasteiger partial charge in [-0.2, -0.15) is 0 Å². The Balaban J connectivity index is 3.41. The molecular weight excluding hydrogens is 208 g/mol. The van der Waals surface area contributed by atoms with Crippen molar-refractivity contribution in [2.45, 2.75) is 0 Å². The lowest BCUT2D eigenvalue weighted by atomic mass is 10.6. The second kappa shape index (κ2) is 11.3. The van der Waals surface area contributed by atoms with Crippen molar-refractivity contribution >= 4 is 5.97 Å². The molecule has 0 aromatic rings. The normalized spacial score (nSPS) is 8.06. The number of carbonyl (C=O) groups is 1. The summed E-state index contributed by atoms with van der Waals surface area (Å²) in [5.74, 6) is 9.62. The molecule has 0 rings (SSSR count). The number of esters is 1. The molecule has 4 nitrogen and oxygen atoms in total. The average molecular weight is 222 g/mol. The predicted molar refractivity (Wildman–Crippen MR) is 59.4 cm³/mol. The van der Waals surface area contributed by atoms with E-state index in [-0.39, 0.29) is 13.2 Å². The largest absolute Gasteiger partial charge is 0.459 e. The minimum absolute atomic E-state index is 0.150. The van der Waals surface area contributed by atoms with E-state index in [1.54, 1.807) is 6.08 Å². The Hall–Kier alpha value is -1.75. The van der Waals surface area contributed by atoms with Crippen molar-refractivity contribution in [3.8, 4) is 23.7 Å². The Kier molecular flexibility index (Phi) is 10.1. The SMILES string of the molecule is C=CCOCC#CCOCC#CC(=O)OC. The molecule has 0 saturated carbocycles. The van der Waals surface area contributed by atoms with E-state index in [1.807, 2.05) is 0 Å². The number of hydrogen-bond donors (Lipinski definition) is 0. The number of carbonyl (C=O) groups excluding carboxylic acids is 1. The van der Waals surface area contributed by atoms with Crippen molar-refractivity contribution in [2.24, 2.45) is 0 Å². The summed E-state index contributed by atoms with van der Waals surface area (Å²) in [6, 6.07) is 0. The molecule has 0 radical (unpaired) electrons. The molecule has 0 saturated heterocycles. The van der Waals surface area contributed by atoms with Gasteiger partial charge in [-0.15, -0.1) is 6.58 Å². The van der Waals surface area contributed by atoms with Gasteiger partial charge in [0.05, 0.1) is 13.7 Å². The zero-order valence-corrected chi connectivity index (χ0v) is 9.25. The van der Waals surface area contributed by atoms with E-state index in [0.29, 0.717) is 13.2 Å². The second-order valence-electron chi connectivity index (χ2n) is 2.44. The highest BCUT2D eigenvalue weighted by Crippen LogP contribution is 1.75. The summed E-state index contributed by atoms with van der Waals surface area (Å²) in [4.78, 5) is 10.5. The van der Waals surface area contributed by atoms with Crippen LogP contribution in [-0.4, -0.2) is 39.5 Å². The smallest absolute Gasteiger partial charge is 0.384 e. The zero-order valence-electron chi connectivity index (χ0n) is 9.25. The monoisotopic (exact) mass is 222 g/mol. The zero-order chi connectivity index (χ0) is 12.1. The number of hydrogen-bond acceptors (Lipinski definition) is 4. The molecule has 0 bridgehead atoms. The summed E-state index contributed by atoms with van der Waals surface area (Å²) in [7, 11) is 1.27. The molecule has 0 fully saturated rings. The van der Waals surface area contributed by atoms with Gasteiger partial charge in [-0.1, -0.05) is 23.8 Å². The maximum atomic E-state index is 10.5. The second-order valence-corrected chi connectivity index (χ2v) is 2.44. The lowest BCUT2D eigenvalue weighted by Gasteiger charge is -1.91. The first kappa shape index (κ1) is 14.2. The molecule has 86 valence electrons. The molecule has 0 aliphatic rings. The Labute approximate surface area is 95.6 Å². The van der Waals surface area contributed by atoms with E-state index in [1.165, 1.54) is 7.11 Å². The van der Waals surface area contributed by atoms with Crippen LogP contribution in [0.25, 0.3) is 0 Å². The van der Waals surface area contributed by atoms with E-state index in [0.717, 1.165) is 0 Å². The van der Waals surface area contributed by atoms with Gasteiger partial charge >= 0.3 is 5.97 Å². The van der Waals surface area contributed by atoms with Crippen LogP contribution >= 0.6 is 0 Å². The first-order valence-corrected chi connectivity index (χ1v) is 4.60. The van der Waals surface area contributed by atoms with Crippen LogP contribution in [0.1, 0.15) is 0 Å². The van der Waals surface area contributed by atoms with Crippen molar-refractivity contribution in [1.29, 1.82) is 0 Å². The van der Waals surface area contributed by atoms with Crippen molar-refractivity contribution in [3.05, 3.63) is 12.7 Å². The summed E-state index contributed by atoms with van der Waals surface area (Å²) >= 11 is 0. The van der Waals surface area contributed by atoms with Crippen LogP contribution < -0.4 is 0 Å². The maximum absolute atomic E-state index is 10.5. The molecule has 0 spiro atoms. The van der Waals surface area contributed by atoms with Crippen LogP contribution in [0, 0.1) is 23.7 Å². The van der Waals surface area contributed by atoms with Crippen molar-refractivity contribution in [1.82, 2.24) is 0 Å². The molecular formula is C12H14O4. The van der Waals surface area contributed by atoms with Crippen LogP contribution in [0.3, 0.4) is 0 Å². The van der Waals surface area contributed by atoms with Gasteiger partial charge in [0.1, 0.15) is 19.8 Å². The van der Waals surface area contributed by atoms with Gasteiger partial charge < -0.3 is 14.2 Å². The fraction of sp³-hybridized carbons (Fsp3) is 0.417. The molecule has 0 aliphatic carbocycles. The molecule has 0 amide bonds. The molecule has 0 heterocycles. The first-order valence-electron chi connectivity index (χ1n) is 4.60. The fourth-order valence-corrected chi connectivity index (χ4v) is 0.608. The van der Waals surface area contributed by atoms with Crippen LogP contribution in [-0.2, 0) is 19.0 Å². The number of ether oxygens (including phenoxy) is 3. The van der Waals surface area contributed by atoms with E-state index in [9.17, 15) is 4.79 Å². The summed E-state index contributed by atoms with van der Waals surface area (Å²) in [6.45, 7) is 4.74. The van der Waals surface area contributed by atoms with Crippen molar-refractivity contribution in [2.75, 3.05) is 33.5 Å². The molecule has 16 heavy (non-hydrogen) atoms. The van der Waals surface area contributed by atoms with Gasteiger partial charge in [0.25, 0.3) is 0 Å². The highest BCUT2D eigenvalue weighted by atomic mass is 16.5. The highest BCUT2D eigenvalue weighted by molar-refractivity contribution is 5.88. The average Bonchev–Trinajstić information content (AvgIpc) is 2.31. The van der Waals surface area contributed by atoms with E-state index < -0.39 is 5.97 Å². The third-order valence-electron chi connectivity index (χ3n) is 1.26. The third kappa shape index (κ3) is 10.3. The van der Waals surface area contributed by atoms with Crippen LogP contribution in [0.15, 0.2) is 12.7 Å². The molecule has 0 atom stereocenters. The van der Waals surface area contributed by atoms with Gasteiger partial charge in [0.2, 0.25) is 0 Å². The molecule has 0 aromatic heterocycles. The summed E-state index contributed by atoms with van der Waals surface area (Å²) in [6.07, 6.45) is 1.65. The number of methoxy groups -OCH3 is 1.